The summed E-state index contributed by atoms with van der Waals surface area (Å²) >= 11 is 0. The Balaban J connectivity index is 4.54. The lowest BCUT2D eigenvalue weighted by Crippen LogP contribution is -2.36. The van der Waals surface area contributed by atoms with Crippen LogP contribution in [-0.4, -0.2) is 24.9 Å². The summed E-state index contributed by atoms with van der Waals surface area (Å²) in [6, 6.07) is 0. The van der Waals surface area contributed by atoms with Gasteiger partial charge in [0.05, 0.1) is 13.0 Å². The molecule has 0 bridgehead atoms. The Morgan fingerprint density at radius 3 is 2.06 bits per heavy atom. The first-order chi connectivity index (χ1) is 7.58. The van der Waals surface area contributed by atoms with E-state index in [1.54, 1.807) is 6.92 Å². The Bertz CT molecular complexity index is 245. The highest BCUT2D eigenvalue weighted by atomic mass is 19.4. The number of alkyl halides is 6. The van der Waals surface area contributed by atoms with Gasteiger partial charge in [-0.15, -0.1) is 0 Å². The van der Waals surface area contributed by atoms with Crippen LogP contribution in [0.4, 0.5) is 26.3 Å². The Labute approximate surface area is 93.9 Å². The number of halogens is 6. The van der Waals surface area contributed by atoms with Gasteiger partial charge in [-0.3, -0.25) is 4.79 Å². The molecule has 1 unspecified atom stereocenters. The van der Waals surface area contributed by atoms with Gasteiger partial charge in [-0.1, -0.05) is 13.3 Å². The Kier molecular flexibility index (Phi) is 5.77. The lowest BCUT2D eigenvalue weighted by atomic mass is 10.1. The predicted molar refractivity (Wildman–Crippen MR) is 46.1 cm³/mol. The molecule has 0 radical (unpaired) electrons. The largest absolute Gasteiger partial charge is 0.465 e. The third-order valence-corrected chi connectivity index (χ3v) is 1.86. The molecule has 0 aromatic carbocycles. The summed E-state index contributed by atoms with van der Waals surface area (Å²) in [4.78, 5) is 10.9. The lowest BCUT2D eigenvalue weighted by molar-refractivity contribution is -0.227. The smallest absolute Gasteiger partial charge is 0.402 e. The van der Waals surface area contributed by atoms with Gasteiger partial charge in [-0.2, -0.15) is 26.3 Å². The number of rotatable bonds is 5. The van der Waals surface area contributed by atoms with Crippen LogP contribution < -0.4 is 0 Å². The van der Waals surface area contributed by atoms with Crippen LogP contribution in [0.3, 0.4) is 0 Å². The van der Waals surface area contributed by atoms with E-state index in [2.05, 4.69) is 4.74 Å². The van der Waals surface area contributed by atoms with Crippen molar-refractivity contribution in [3.8, 4) is 0 Å². The van der Waals surface area contributed by atoms with E-state index in [4.69, 9.17) is 0 Å². The van der Waals surface area contributed by atoms with Crippen LogP contribution in [0.5, 0.6) is 0 Å². The second-order valence-electron chi connectivity index (χ2n) is 3.43. The molecule has 0 aromatic heterocycles. The zero-order valence-corrected chi connectivity index (χ0v) is 8.99. The Morgan fingerprint density at radius 1 is 1.18 bits per heavy atom. The maximum Gasteiger partial charge on any atom is 0.402 e. The van der Waals surface area contributed by atoms with E-state index in [0.717, 1.165) is 0 Å². The highest BCUT2D eigenvalue weighted by Crippen LogP contribution is 2.36. The fourth-order valence-electron chi connectivity index (χ4n) is 0.982. The van der Waals surface area contributed by atoms with E-state index in [-0.39, 0.29) is 6.61 Å². The predicted octanol–water partition coefficient (Wildman–Crippen LogP) is 3.46. The first kappa shape index (κ1) is 16.1. The topological polar surface area (TPSA) is 26.3 Å². The van der Waals surface area contributed by atoms with Crippen molar-refractivity contribution < 1.29 is 35.9 Å². The van der Waals surface area contributed by atoms with Crippen molar-refractivity contribution >= 4 is 5.97 Å². The van der Waals surface area contributed by atoms with Crippen molar-refractivity contribution in [3.05, 3.63) is 0 Å². The maximum atomic E-state index is 12.2. The highest BCUT2D eigenvalue weighted by Gasteiger charge is 2.51. The van der Waals surface area contributed by atoms with Crippen LogP contribution in [-0.2, 0) is 9.53 Å². The molecule has 8 heteroatoms. The summed E-state index contributed by atoms with van der Waals surface area (Å²) in [5, 5.41) is 0. The summed E-state index contributed by atoms with van der Waals surface area (Å²) in [6.45, 7) is 1.39. The zero-order valence-electron chi connectivity index (χ0n) is 8.99. The molecule has 102 valence electrons. The number of hydrogen-bond donors (Lipinski definition) is 0. The third kappa shape index (κ3) is 7.06. The van der Waals surface area contributed by atoms with Crippen LogP contribution in [0.1, 0.15) is 26.2 Å². The van der Waals surface area contributed by atoms with Gasteiger partial charge < -0.3 is 4.74 Å². The quantitative estimate of drug-likeness (QED) is 0.432. The van der Waals surface area contributed by atoms with Crippen LogP contribution in [0.15, 0.2) is 0 Å². The minimum atomic E-state index is -5.25. The summed E-state index contributed by atoms with van der Waals surface area (Å²) in [5.74, 6) is -5.01. The van der Waals surface area contributed by atoms with E-state index in [1.807, 2.05) is 0 Å². The number of hydrogen-bond acceptors (Lipinski definition) is 2. The van der Waals surface area contributed by atoms with Crippen LogP contribution in [0, 0.1) is 5.92 Å². The summed E-state index contributed by atoms with van der Waals surface area (Å²) < 4.78 is 76.4. The van der Waals surface area contributed by atoms with Gasteiger partial charge in [-0.05, 0) is 6.42 Å². The molecular formula is C9H12F6O2. The number of ether oxygens (including phenoxy) is 1. The van der Waals surface area contributed by atoms with Crippen molar-refractivity contribution in [2.75, 3.05) is 6.61 Å². The molecule has 0 aromatic rings. The summed E-state index contributed by atoms with van der Waals surface area (Å²) in [7, 11) is 0. The first-order valence-corrected chi connectivity index (χ1v) is 4.88. The van der Waals surface area contributed by atoms with E-state index in [0.29, 0.717) is 12.8 Å². The zero-order chi connectivity index (χ0) is 13.7. The lowest BCUT2D eigenvalue weighted by Gasteiger charge is -2.20. The molecule has 0 N–H and O–H groups in total. The molecule has 0 aliphatic carbocycles. The maximum absolute atomic E-state index is 12.2. The monoisotopic (exact) mass is 266 g/mol. The first-order valence-electron chi connectivity index (χ1n) is 4.88. The standard InChI is InChI=1S/C9H12F6O2/c1-2-3-4-17-7(16)6(9(13,14)15)5-8(10,11)12/h6H,2-5H2,1H3. The third-order valence-electron chi connectivity index (χ3n) is 1.86. The molecule has 0 fully saturated rings. The Morgan fingerprint density at radius 2 is 1.71 bits per heavy atom. The average Bonchev–Trinajstić information content (AvgIpc) is 2.11. The van der Waals surface area contributed by atoms with Gasteiger partial charge in [0.15, 0.2) is 5.92 Å². The SMILES string of the molecule is CCCCOC(=O)C(CC(F)(F)F)C(F)(F)F. The van der Waals surface area contributed by atoms with Gasteiger partial charge in [0.2, 0.25) is 0 Å². The molecule has 0 saturated heterocycles. The number of esters is 1. The van der Waals surface area contributed by atoms with E-state index < -0.39 is 30.7 Å². The van der Waals surface area contributed by atoms with E-state index in [1.165, 1.54) is 0 Å². The molecule has 0 aliphatic heterocycles. The second-order valence-corrected chi connectivity index (χ2v) is 3.43. The van der Waals surface area contributed by atoms with Gasteiger partial charge in [-0.25, -0.2) is 0 Å². The van der Waals surface area contributed by atoms with Crippen LogP contribution >= 0.6 is 0 Å². The fraction of sp³-hybridized carbons (Fsp3) is 0.889. The van der Waals surface area contributed by atoms with E-state index in [9.17, 15) is 31.1 Å². The van der Waals surface area contributed by atoms with Gasteiger partial charge in [0.25, 0.3) is 0 Å². The number of carbonyl (C=O) groups excluding carboxylic acids is 1. The average molecular weight is 266 g/mol. The second kappa shape index (κ2) is 6.11. The molecule has 2 nitrogen and oxygen atoms in total. The summed E-state index contributed by atoms with van der Waals surface area (Å²) in [6.07, 6.45) is -11.7. The molecule has 1 atom stereocenters. The molecule has 0 aliphatic rings. The van der Waals surface area contributed by atoms with Crippen molar-refractivity contribution in [3.63, 3.8) is 0 Å². The molecular weight excluding hydrogens is 254 g/mol. The molecule has 0 amide bonds. The molecule has 0 spiro atoms. The Hall–Kier alpha value is -0.950. The fourth-order valence-corrected chi connectivity index (χ4v) is 0.982. The molecule has 17 heavy (non-hydrogen) atoms. The van der Waals surface area contributed by atoms with Crippen LogP contribution in [0.2, 0.25) is 0 Å². The highest BCUT2D eigenvalue weighted by molar-refractivity contribution is 5.73. The van der Waals surface area contributed by atoms with E-state index >= 15 is 0 Å². The van der Waals surface area contributed by atoms with Crippen molar-refractivity contribution in [2.45, 2.75) is 38.5 Å². The normalized spacial score (nSPS) is 14.5. The van der Waals surface area contributed by atoms with Gasteiger partial charge in [0, 0.05) is 0 Å². The molecule has 0 saturated carbocycles. The molecule has 0 rings (SSSR count). The van der Waals surface area contributed by atoms with Crippen molar-refractivity contribution in [2.24, 2.45) is 5.92 Å². The van der Waals surface area contributed by atoms with Gasteiger partial charge in [0.1, 0.15) is 0 Å². The minimum Gasteiger partial charge on any atom is -0.465 e. The number of carbonyl (C=O) groups is 1. The minimum absolute atomic E-state index is 0.306. The van der Waals surface area contributed by atoms with Crippen molar-refractivity contribution in [1.29, 1.82) is 0 Å². The summed E-state index contributed by atoms with van der Waals surface area (Å²) in [5.41, 5.74) is 0. The van der Waals surface area contributed by atoms with Crippen molar-refractivity contribution in [1.82, 2.24) is 0 Å². The number of unbranched alkanes of at least 4 members (excludes halogenated alkanes) is 1. The van der Waals surface area contributed by atoms with Gasteiger partial charge >= 0.3 is 18.3 Å². The molecule has 0 heterocycles. The van der Waals surface area contributed by atoms with Crippen LogP contribution in [0.25, 0.3) is 0 Å².